The number of nitrogens with two attached hydrogens (primary N) is 1. The van der Waals surface area contributed by atoms with Crippen molar-refractivity contribution in [3.8, 4) is 0 Å². The molecule has 0 spiro atoms. The minimum absolute atomic E-state index is 0.0684. The van der Waals surface area contributed by atoms with Crippen LogP contribution in [0.15, 0.2) is 16.8 Å². The van der Waals surface area contributed by atoms with Crippen molar-refractivity contribution in [3.05, 3.63) is 22.4 Å². The van der Waals surface area contributed by atoms with Crippen LogP contribution in [0.2, 0.25) is 0 Å². The van der Waals surface area contributed by atoms with E-state index < -0.39 is 0 Å². The summed E-state index contributed by atoms with van der Waals surface area (Å²) in [5, 5.41) is 4.23. The van der Waals surface area contributed by atoms with Gasteiger partial charge in [0.15, 0.2) is 0 Å². The van der Waals surface area contributed by atoms with Gasteiger partial charge in [-0.05, 0) is 48.1 Å². The molecule has 0 amide bonds. The standard InChI is InChI=1S/C11H18N2OS/c1-14-11(4-2-5-11)7-10(13-12)9-3-6-15-8-9/h3,6,8,10,13H,2,4-5,7,12H2,1H3. The van der Waals surface area contributed by atoms with E-state index in [9.17, 15) is 0 Å². The van der Waals surface area contributed by atoms with E-state index in [1.165, 1.54) is 12.0 Å². The number of thiophene rings is 1. The van der Waals surface area contributed by atoms with Gasteiger partial charge >= 0.3 is 0 Å². The molecule has 0 radical (unpaired) electrons. The van der Waals surface area contributed by atoms with Crippen LogP contribution in [0.5, 0.6) is 0 Å². The van der Waals surface area contributed by atoms with Crippen molar-refractivity contribution in [2.24, 2.45) is 5.84 Å². The van der Waals surface area contributed by atoms with Crippen LogP contribution in [0.3, 0.4) is 0 Å². The molecule has 1 aromatic rings. The summed E-state index contributed by atoms with van der Waals surface area (Å²) in [4.78, 5) is 0. The maximum Gasteiger partial charge on any atom is 0.0697 e. The Morgan fingerprint density at radius 1 is 1.67 bits per heavy atom. The first-order valence-electron chi connectivity index (χ1n) is 5.33. The predicted octanol–water partition coefficient (Wildman–Crippen LogP) is 2.21. The third-order valence-corrected chi connectivity index (χ3v) is 4.12. The molecule has 1 aromatic heterocycles. The Balaban J connectivity index is 2.02. The van der Waals surface area contributed by atoms with Crippen molar-refractivity contribution in [1.29, 1.82) is 0 Å². The van der Waals surface area contributed by atoms with Crippen LogP contribution >= 0.6 is 11.3 Å². The van der Waals surface area contributed by atoms with Crippen molar-refractivity contribution < 1.29 is 4.74 Å². The maximum absolute atomic E-state index is 5.61. The van der Waals surface area contributed by atoms with Gasteiger partial charge in [-0.2, -0.15) is 11.3 Å². The third-order valence-electron chi connectivity index (χ3n) is 3.42. The lowest BCUT2D eigenvalue weighted by molar-refractivity contribution is -0.0838. The molecule has 1 fully saturated rings. The van der Waals surface area contributed by atoms with Crippen molar-refractivity contribution in [3.63, 3.8) is 0 Å². The fourth-order valence-electron chi connectivity index (χ4n) is 2.18. The first-order valence-corrected chi connectivity index (χ1v) is 6.27. The molecule has 3 N–H and O–H groups in total. The van der Waals surface area contributed by atoms with Gasteiger partial charge in [0.05, 0.1) is 5.60 Å². The molecule has 3 nitrogen and oxygen atoms in total. The highest BCUT2D eigenvalue weighted by molar-refractivity contribution is 7.07. The second-order valence-corrected chi connectivity index (χ2v) is 5.00. The predicted molar refractivity (Wildman–Crippen MR) is 62.6 cm³/mol. The molecule has 0 saturated heterocycles. The van der Waals surface area contributed by atoms with Crippen LogP contribution in [0.4, 0.5) is 0 Å². The minimum Gasteiger partial charge on any atom is -0.378 e. The fourth-order valence-corrected chi connectivity index (χ4v) is 2.90. The Labute approximate surface area is 94.6 Å². The molecule has 0 aliphatic heterocycles. The molecular formula is C11H18N2OS. The van der Waals surface area contributed by atoms with Crippen LogP contribution < -0.4 is 11.3 Å². The average Bonchev–Trinajstić information content (AvgIpc) is 2.71. The van der Waals surface area contributed by atoms with Gasteiger partial charge < -0.3 is 4.74 Å². The molecule has 2 rings (SSSR count). The number of hydrogen-bond acceptors (Lipinski definition) is 4. The monoisotopic (exact) mass is 226 g/mol. The summed E-state index contributed by atoms with van der Waals surface area (Å²) < 4.78 is 5.61. The first kappa shape index (κ1) is 11.1. The van der Waals surface area contributed by atoms with Crippen LogP contribution in [-0.2, 0) is 4.74 Å². The number of hydrazine groups is 1. The highest BCUT2D eigenvalue weighted by atomic mass is 32.1. The summed E-state index contributed by atoms with van der Waals surface area (Å²) in [5.41, 5.74) is 4.23. The Hall–Kier alpha value is -0.420. The van der Waals surface area contributed by atoms with E-state index in [0.29, 0.717) is 0 Å². The van der Waals surface area contributed by atoms with E-state index in [1.54, 1.807) is 18.4 Å². The van der Waals surface area contributed by atoms with Crippen LogP contribution in [0, 0.1) is 0 Å². The lowest BCUT2D eigenvalue weighted by atomic mass is 9.75. The largest absolute Gasteiger partial charge is 0.378 e. The number of hydrogen-bond donors (Lipinski definition) is 2. The second-order valence-electron chi connectivity index (χ2n) is 4.22. The maximum atomic E-state index is 5.61. The molecule has 0 bridgehead atoms. The summed E-state index contributed by atoms with van der Waals surface area (Å²) >= 11 is 1.71. The van der Waals surface area contributed by atoms with Gasteiger partial charge in [-0.3, -0.25) is 11.3 Å². The molecule has 84 valence electrons. The van der Waals surface area contributed by atoms with Gasteiger partial charge in [0.2, 0.25) is 0 Å². The van der Waals surface area contributed by atoms with Crippen LogP contribution in [-0.4, -0.2) is 12.7 Å². The highest BCUT2D eigenvalue weighted by Gasteiger charge is 2.39. The Morgan fingerprint density at radius 2 is 2.47 bits per heavy atom. The normalized spacial score (nSPS) is 20.9. The van der Waals surface area contributed by atoms with Gasteiger partial charge in [-0.15, -0.1) is 0 Å². The van der Waals surface area contributed by atoms with E-state index in [-0.39, 0.29) is 11.6 Å². The SMILES string of the molecule is COC1(CC(NN)c2ccsc2)CCC1. The highest BCUT2D eigenvalue weighted by Crippen LogP contribution is 2.41. The zero-order valence-corrected chi connectivity index (χ0v) is 9.85. The number of rotatable bonds is 5. The Morgan fingerprint density at radius 3 is 2.87 bits per heavy atom. The van der Waals surface area contributed by atoms with E-state index in [1.807, 2.05) is 0 Å². The quantitative estimate of drug-likeness (QED) is 0.598. The smallest absolute Gasteiger partial charge is 0.0697 e. The van der Waals surface area contributed by atoms with E-state index in [2.05, 4.69) is 22.3 Å². The topological polar surface area (TPSA) is 47.3 Å². The van der Waals surface area contributed by atoms with Gasteiger partial charge in [0, 0.05) is 13.2 Å². The minimum atomic E-state index is 0.0684. The molecule has 4 heteroatoms. The average molecular weight is 226 g/mol. The fraction of sp³-hybridized carbons (Fsp3) is 0.636. The number of nitrogens with one attached hydrogen (secondary N) is 1. The van der Waals surface area contributed by atoms with Crippen molar-refractivity contribution >= 4 is 11.3 Å². The summed E-state index contributed by atoms with van der Waals surface area (Å²) in [7, 11) is 1.81. The summed E-state index contributed by atoms with van der Waals surface area (Å²) in [6.45, 7) is 0. The molecule has 1 saturated carbocycles. The van der Waals surface area contributed by atoms with Crippen LogP contribution in [0.25, 0.3) is 0 Å². The van der Waals surface area contributed by atoms with E-state index in [0.717, 1.165) is 19.3 Å². The summed E-state index contributed by atoms with van der Waals surface area (Å²) in [6, 6.07) is 2.34. The molecule has 1 heterocycles. The first-order chi connectivity index (χ1) is 7.29. The molecule has 1 atom stereocenters. The third kappa shape index (κ3) is 2.23. The Kier molecular flexibility index (Phi) is 3.41. The zero-order valence-electron chi connectivity index (χ0n) is 9.03. The molecule has 1 aliphatic rings. The van der Waals surface area contributed by atoms with Crippen molar-refractivity contribution in [2.75, 3.05) is 7.11 Å². The van der Waals surface area contributed by atoms with E-state index in [4.69, 9.17) is 10.6 Å². The van der Waals surface area contributed by atoms with Gasteiger partial charge in [-0.1, -0.05) is 0 Å². The Bertz CT molecular complexity index is 290. The van der Waals surface area contributed by atoms with E-state index >= 15 is 0 Å². The van der Waals surface area contributed by atoms with Gasteiger partial charge in [-0.25, -0.2) is 0 Å². The lowest BCUT2D eigenvalue weighted by Gasteiger charge is -2.42. The van der Waals surface area contributed by atoms with Gasteiger partial charge in [0.25, 0.3) is 0 Å². The molecule has 15 heavy (non-hydrogen) atoms. The molecule has 0 aromatic carbocycles. The molecule has 1 unspecified atom stereocenters. The van der Waals surface area contributed by atoms with Crippen molar-refractivity contribution in [1.82, 2.24) is 5.43 Å². The lowest BCUT2D eigenvalue weighted by Crippen LogP contribution is -2.44. The summed E-state index contributed by atoms with van der Waals surface area (Å²) in [6.07, 6.45) is 4.56. The number of ether oxygens (including phenoxy) is 1. The molecule has 1 aliphatic carbocycles. The molecular weight excluding hydrogens is 208 g/mol. The van der Waals surface area contributed by atoms with Gasteiger partial charge in [0.1, 0.15) is 0 Å². The van der Waals surface area contributed by atoms with Crippen molar-refractivity contribution in [2.45, 2.75) is 37.3 Å². The van der Waals surface area contributed by atoms with Crippen LogP contribution in [0.1, 0.15) is 37.3 Å². The number of methoxy groups -OCH3 is 1. The zero-order chi connectivity index (χ0) is 10.7. The summed E-state index contributed by atoms with van der Waals surface area (Å²) in [5.74, 6) is 5.60. The second kappa shape index (κ2) is 4.61.